The fourth-order valence-electron chi connectivity index (χ4n) is 2.63. The summed E-state index contributed by atoms with van der Waals surface area (Å²) in [6.07, 6.45) is 0.975. The lowest BCUT2D eigenvalue weighted by molar-refractivity contribution is -0.116. The fraction of sp³-hybridized carbons (Fsp3) is 0.150. The van der Waals surface area contributed by atoms with Crippen LogP contribution in [0.4, 0.5) is 11.4 Å². The summed E-state index contributed by atoms with van der Waals surface area (Å²) < 4.78 is 28.1. The van der Waals surface area contributed by atoms with Gasteiger partial charge in [-0.05, 0) is 54.6 Å². The van der Waals surface area contributed by atoms with E-state index < -0.39 is 10.0 Å². The van der Waals surface area contributed by atoms with Gasteiger partial charge in [-0.25, -0.2) is 8.42 Å². The van der Waals surface area contributed by atoms with Crippen LogP contribution in [0.5, 0.6) is 0 Å². The maximum absolute atomic E-state index is 12.8. The molecule has 3 aromatic rings. The van der Waals surface area contributed by atoms with Crippen LogP contribution in [0.15, 0.2) is 64.9 Å². The van der Waals surface area contributed by atoms with Gasteiger partial charge in [0.2, 0.25) is 5.91 Å². The van der Waals surface area contributed by atoms with Gasteiger partial charge in [0.1, 0.15) is 0 Å². The van der Waals surface area contributed by atoms with Gasteiger partial charge in [0.05, 0.1) is 15.6 Å². The summed E-state index contributed by atoms with van der Waals surface area (Å²) in [5, 5.41) is 5.04. The second-order valence-electron chi connectivity index (χ2n) is 6.19. The summed E-state index contributed by atoms with van der Waals surface area (Å²) in [5.74, 6) is -0.167. The van der Waals surface area contributed by atoms with Gasteiger partial charge in [-0.15, -0.1) is 11.3 Å². The van der Waals surface area contributed by atoms with Crippen LogP contribution in [0.3, 0.4) is 0 Å². The van der Waals surface area contributed by atoms with E-state index >= 15 is 0 Å². The Bertz CT molecular complexity index is 1080. The molecule has 0 aliphatic rings. The zero-order chi connectivity index (χ0) is 20.1. The van der Waals surface area contributed by atoms with Crippen LogP contribution >= 0.6 is 22.9 Å². The Hall–Kier alpha value is -2.35. The highest BCUT2D eigenvalue weighted by molar-refractivity contribution is 7.92. The molecule has 2 N–H and O–H groups in total. The SMILES string of the molecule is Cc1ccc(NC(=O)CCc2cccs2)cc1S(=O)(=O)Nc1ccccc1Cl. The van der Waals surface area contributed by atoms with E-state index in [1.165, 1.54) is 6.07 Å². The molecule has 0 saturated carbocycles. The molecule has 8 heteroatoms. The summed E-state index contributed by atoms with van der Waals surface area (Å²) in [4.78, 5) is 13.4. The third kappa shape index (κ3) is 5.13. The number of thiophene rings is 1. The van der Waals surface area contributed by atoms with Crippen LogP contribution < -0.4 is 10.0 Å². The van der Waals surface area contributed by atoms with Crippen LogP contribution in [0.25, 0.3) is 0 Å². The highest BCUT2D eigenvalue weighted by Crippen LogP contribution is 2.27. The van der Waals surface area contributed by atoms with E-state index in [1.54, 1.807) is 54.7 Å². The van der Waals surface area contributed by atoms with Gasteiger partial charge in [-0.3, -0.25) is 9.52 Å². The van der Waals surface area contributed by atoms with Crippen molar-refractivity contribution in [3.05, 3.63) is 75.4 Å². The number of rotatable bonds is 7. The minimum atomic E-state index is -3.86. The highest BCUT2D eigenvalue weighted by Gasteiger charge is 2.19. The van der Waals surface area contributed by atoms with Crippen LogP contribution in [0.2, 0.25) is 5.02 Å². The molecular weight excluding hydrogens is 416 g/mol. The van der Waals surface area contributed by atoms with Crippen LogP contribution in [0.1, 0.15) is 16.9 Å². The molecule has 0 fully saturated rings. The molecule has 1 heterocycles. The summed E-state index contributed by atoms with van der Waals surface area (Å²) in [6.45, 7) is 1.70. The number of sulfonamides is 1. The Morgan fingerprint density at radius 1 is 1.11 bits per heavy atom. The average Bonchev–Trinajstić information content (AvgIpc) is 3.17. The maximum Gasteiger partial charge on any atom is 0.262 e. The van der Waals surface area contributed by atoms with Gasteiger partial charge in [0.25, 0.3) is 10.0 Å². The number of benzene rings is 2. The Morgan fingerprint density at radius 3 is 2.61 bits per heavy atom. The molecule has 0 saturated heterocycles. The molecule has 0 radical (unpaired) electrons. The number of aryl methyl sites for hydroxylation is 2. The quantitative estimate of drug-likeness (QED) is 0.544. The Balaban J connectivity index is 1.75. The van der Waals surface area contributed by atoms with E-state index in [4.69, 9.17) is 11.6 Å². The smallest absolute Gasteiger partial charge is 0.262 e. The van der Waals surface area contributed by atoms with Crippen molar-refractivity contribution in [2.24, 2.45) is 0 Å². The van der Waals surface area contributed by atoms with Gasteiger partial charge in [-0.1, -0.05) is 35.9 Å². The Morgan fingerprint density at radius 2 is 1.89 bits per heavy atom. The first-order valence-corrected chi connectivity index (χ1v) is 11.3. The van der Waals surface area contributed by atoms with E-state index in [0.29, 0.717) is 34.8 Å². The molecule has 146 valence electrons. The first-order valence-electron chi connectivity index (χ1n) is 8.55. The summed E-state index contributed by atoms with van der Waals surface area (Å²) in [6, 6.07) is 15.3. The predicted octanol–water partition coefficient (Wildman–Crippen LogP) is 5.08. The lowest BCUT2D eigenvalue weighted by Crippen LogP contribution is -2.16. The maximum atomic E-state index is 12.8. The van der Waals surface area contributed by atoms with E-state index in [1.807, 2.05) is 17.5 Å². The predicted molar refractivity (Wildman–Crippen MR) is 115 cm³/mol. The van der Waals surface area contributed by atoms with Gasteiger partial charge in [0, 0.05) is 17.0 Å². The van der Waals surface area contributed by atoms with E-state index in [9.17, 15) is 13.2 Å². The van der Waals surface area contributed by atoms with Gasteiger partial charge < -0.3 is 5.32 Å². The lowest BCUT2D eigenvalue weighted by atomic mass is 10.2. The molecule has 0 spiro atoms. The average molecular weight is 435 g/mol. The molecule has 2 aromatic carbocycles. The van der Waals surface area contributed by atoms with Crippen molar-refractivity contribution < 1.29 is 13.2 Å². The number of hydrogen-bond acceptors (Lipinski definition) is 4. The normalized spacial score (nSPS) is 11.2. The van der Waals surface area contributed by atoms with Crippen LogP contribution in [0, 0.1) is 6.92 Å². The second kappa shape index (κ2) is 8.77. The zero-order valence-corrected chi connectivity index (χ0v) is 17.5. The first-order chi connectivity index (χ1) is 13.3. The minimum Gasteiger partial charge on any atom is -0.326 e. The van der Waals surface area contributed by atoms with Gasteiger partial charge in [0.15, 0.2) is 0 Å². The number of nitrogens with one attached hydrogen (secondary N) is 2. The lowest BCUT2D eigenvalue weighted by Gasteiger charge is -2.13. The molecule has 3 rings (SSSR count). The standard InChI is InChI=1S/C20H19ClN2O3S2/c1-14-8-9-15(22-20(24)11-10-16-5-4-12-27-16)13-19(14)28(25,26)23-18-7-3-2-6-17(18)21/h2-9,12-13,23H,10-11H2,1H3,(H,22,24). The van der Waals surface area contributed by atoms with Crippen molar-refractivity contribution in [3.8, 4) is 0 Å². The summed E-state index contributed by atoms with van der Waals surface area (Å²) >= 11 is 7.65. The number of anilines is 2. The van der Waals surface area contributed by atoms with Crippen molar-refractivity contribution in [1.82, 2.24) is 0 Å². The van der Waals surface area contributed by atoms with Crippen LogP contribution in [-0.4, -0.2) is 14.3 Å². The molecule has 5 nitrogen and oxygen atoms in total. The third-order valence-corrected chi connectivity index (χ3v) is 6.83. The molecule has 1 amide bonds. The number of para-hydroxylation sites is 1. The van der Waals surface area contributed by atoms with Crippen molar-refractivity contribution >= 4 is 50.2 Å². The van der Waals surface area contributed by atoms with E-state index in [0.717, 1.165) is 4.88 Å². The van der Waals surface area contributed by atoms with Crippen molar-refractivity contribution in [2.45, 2.75) is 24.7 Å². The molecule has 1 aromatic heterocycles. The van der Waals surface area contributed by atoms with E-state index in [-0.39, 0.29) is 10.8 Å². The minimum absolute atomic E-state index is 0.0866. The Labute approximate surface area is 173 Å². The third-order valence-electron chi connectivity index (χ3n) is 4.06. The second-order valence-corrected chi connectivity index (χ2v) is 9.28. The molecule has 0 aliphatic heterocycles. The summed E-state index contributed by atoms with van der Waals surface area (Å²) in [7, 11) is -3.86. The molecule has 0 unspecified atom stereocenters. The van der Waals surface area contributed by atoms with Crippen molar-refractivity contribution in [2.75, 3.05) is 10.0 Å². The van der Waals surface area contributed by atoms with Gasteiger partial charge >= 0.3 is 0 Å². The first kappa shape index (κ1) is 20.4. The molecular formula is C20H19ClN2O3S2. The van der Waals surface area contributed by atoms with Crippen molar-refractivity contribution in [3.63, 3.8) is 0 Å². The monoisotopic (exact) mass is 434 g/mol. The zero-order valence-electron chi connectivity index (χ0n) is 15.1. The Kier molecular flexibility index (Phi) is 6.39. The van der Waals surface area contributed by atoms with E-state index in [2.05, 4.69) is 10.0 Å². The number of halogens is 1. The fourth-order valence-corrected chi connectivity index (χ4v) is 4.93. The molecule has 0 atom stereocenters. The molecule has 0 aliphatic carbocycles. The number of amides is 1. The molecule has 28 heavy (non-hydrogen) atoms. The highest BCUT2D eigenvalue weighted by atomic mass is 35.5. The largest absolute Gasteiger partial charge is 0.326 e. The topological polar surface area (TPSA) is 75.3 Å². The van der Waals surface area contributed by atoms with Crippen LogP contribution in [-0.2, 0) is 21.2 Å². The molecule has 0 bridgehead atoms. The number of carbonyl (C=O) groups excluding carboxylic acids is 1. The summed E-state index contributed by atoms with van der Waals surface area (Å²) in [5.41, 5.74) is 1.30. The van der Waals surface area contributed by atoms with Gasteiger partial charge in [-0.2, -0.15) is 0 Å². The van der Waals surface area contributed by atoms with Crippen molar-refractivity contribution in [1.29, 1.82) is 0 Å². The number of carbonyl (C=O) groups is 1. The number of hydrogen-bond donors (Lipinski definition) is 2.